The fraction of sp³-hybridized carbons (Fsp3) is 0.106. The van der Waals surface area contributed by atoms with Crippen LogP contribution < -0.4 is 46.6 Å². The van der Waals surface area contributed by atoms with E-state index in [0.29, 0.717) is 117 Å². The molecule has 0 spiro atoms. The van der Waals surface area contributed by atoms with Crippen molar-refractivity contribution in [2.45, 2.75) is 73.5 Å². The van der Waals surface area contributed by atoms with Gasteiger partial charge in [-0.1, -0.05) is 67.3 Å². The second-order valence-corrected chi connectivity index (χ2v) is 34.5. The topological polar surface area (TPSA) is 543 Å². The lowest BCUT2D eigenvalue weighted by atomic mass is 10.1. The third-order valence-electron chi connectivity index (χ3n) is 19.4. The number of aryl methyl sites for hydroxylation is 3. The molecule has 0 saturated heterocycles. The predicted molar refractivity (Wildman–Crippen MR) is 472 cm³/mol. The molecule has 0 aliphatic rings. The van der Waals surface area contributed by atoms with Crippen LogP contribution in [0.15, 0.2) is 264 Å². The summed E-state index contributed by atoms with van der Waals surface area (Å²) in [6.07, 6.45) is 17.6. The van der Waals surface area contributed by atoms with E-state index in [-0.39, 0.29) is 31.1 Å². The molecule has 0 bridgehead atoms. The van der Waals surface area contributed by atoms with Crippen LogP contribution in [0.2, 0.25) is 0 Å². The Morgan fingerprint density at radius 3 is 1.34 bits per heavy atom. The number of fused-ring (bicyclic) bond motifs is 4. The number of phenolic OH excluding ortho intramolecular Hbond substituents is 4. The number of primary sulfonamides is 4. The number of allylic oxidation sites excluding steroid dienone is 3. The Morgan fingerprint density at radius 1 is 0.484 bits per heavy atom. The number of nitro groups is 1. The number of methoxy groups -OCH3 is 1. The molecule has 0 atom stereocenters. The van der Waals surface area contributed by atoms with Crippen LogP contribution in [-0.2, 0) is 66.3 Å². The maximum absolute atomic E-state index is 13.8. The SMILES string of the molecule is C=C/C=C(\C)c1cnc2c(NCc3ccc(S(N)(=O)=O)cc3)nc(-c3ccc(O)cc3)cn12.COc1cc(-c2cnc3c(NCc4ccc(S(N)(=O)=O)cc4)nc(C)cn23)ccc1O.Cc1cn2c(-c3ccc(O)c(F)c3)cnc2c(NCc2ccc(S(N)(=O)=O)cc2)n1.Cc1nc2c(NCc3ccc(S(N)(=O)=O)cc3)nccn2c1-c1ccc(O)c([N+](=O)[O-])c1. The third kappa shape index (κ3) is 20.6. The molecule has 16 aromatic rings. The van der Waals surface area contributed by atoms with Crippen LogP contribution >= 0.6 is 0 Å². The number of imidazole rings is 4. The summed E-state index contributed by atoms with van der Waals surface area (Å²) in [5, 5.41) is 83.4. The van der Waals surface area contributed by atoms with E-state index in [2.05, 4.69) is 62.7 Å². The van der Waals surface area contributed by atoms with E-state index in [1.165, 1.54) is 79.9 Å². The molecule has 8 heterocycles. The average Bonchev–Trinajstić information content (AvgIpc) is 1.63. The van der Waals surface area contributed by atoms with Crippen LogP contribution in [0.25, 0.3) is 73.2 Å². The number of halogens is 1. The normalized spacial score (nSPS) is 11.7. The summed E-state index contributed by atoms with van der Waals surface area (Å²) in [6, 6.07) is 45.2. The monoisotopic (exact) mass is 1780 g/mol. The van der Waals surface area contributed by atoms with Gasteiger partial charge >= 0.3 is 5.69 Å². The number of anilines is 4. The number of benzene rings is 8. The van der Waals surface area contributed by atoms with Crippen molar-refractivity contribution in [3.63, 3.8) is 0 Å². The molecule has 0 fully saturated rings. The molecule has 0 saturated carbocycles. The number of phenols is 4. The molecule has 0 aliphatic heterocycles. The largest absolute Gasteiger partial charge is 0.508 e. The Hall–Kier alpha value is -15.1. The lowest BCUT2D eigenvalue weighted by molar-refractivity contribution is -0.385. The highest BCUT2D eigenvalue weighted by Gasteiger charge is 2.23. The molecule has 0 radical (unpaired) electrons. The van der Waals surface area contributed by atoms with Crippen LogP contribution in [0.3, 0.4) is 0 Å². The minimum atomic E-state index is -3.76. The zero-order valence-electron chi connectivity index (χ0n) is 67.5. The maximum atomic E-state index is 13.8. The molecule has 41 heteroatoms. The molecular formula is C85H80FN21O15S4. The fourth-order valence-corrected chi connectivity index (χ4v) is 15.2. The Morgan fingerprint density at radius 2 is 0.897 bits per heavy atom. The number of aromatic hydroxyl groups is 4. The standard InChI is InChI=1S/C24H23N5O3S.C21H21N5O4S.C20H18FN5O3S.C20H18N6O5S/c1-3-4-16(2)22-14-27-24-23(26-13-17-5-11-20(12-6-17)33(25,31)32)28-21(15-29(22)24)18-7-9-19(30)10-8-18;1-13-12-26-17(15-5-8-18(27)19(9-15)30-2)11-24-21(26)20(25-13)23-10-14-3-6-16(7-4-14)31(22,28)29;1-12-11-26-17(14-4-7-18(27)16(21)8-14)10-24-20(26)19(25-12)23-9-13-2-5-15(6-3-13)30(22,28)29;1-12-18(14-4-7-17(27)16(10-14)26(28)29)25-9-8-22-19(20(25)24-12)23-11-13-2-5-15(6-3-13)32(21,30)31/h3-12,14-15,30H,1,13H2,2H3,(H,26,28)(H2,25,31,32);3-9,11-12,27H,10H2,1-2H3,(H,23,25)(H2,22,28,29);2-8,10-11,27H,9H2,1H3,(H,23,25)(H2,22,28,29);2-10,27H,11H2,1H3,(H,22,23)(H2,21,30,31)/b16-4+;;;. The summed E-state index contributed by atoms with van der Waals surface area (Å²) in [7, 11) is -13.5. The van der Waals surface area contributed by atoms with Gasteiger partial charge in [-0.25, -0.2) is 98.5 Å². The number of ether oxygens (including phenoxy) is 1. The Bertz CT molecular complexity index is 7370. The number of hydrogen-bond donors (Lipinski definition) is 12. The molecule has 36 nitrogen and oxygen atoms in total. The van der Waals surface area contributed by atoms with Crippen LogP contribution in [0, 0.1) is 36.7 Å². The van der Waals surface area contributed by atoms with E-state index in [0.717, 1.165) is 56.0 Å². The number of nitrogens with zero attached hydrogens (tertiary/aromatic N) is 13. The number of aromatic nitrogens is 12. The highest BCUT2D eigenvalue weighted by atomic mass is 32.2. The lowest BCUT2D eigenvalue weighted by Gasteiger charge is -2.12. The summed E-state index contributed by atoms with van der Waals surface area (Å²) >= 11 is 0. The molecule has 0 aliphatic carbocycles. The van der Waals surface area contributed by atoms with Gasteiger partial charge in [0.05, 0.1) is 95.8 Å². The van der Waals surface area contributed by atoms with Crippen molar-refractivity contribution in [1.82, 2.24) is 57.5 Å². The first-order valence-electron chi connectivity index (χ1n) is 37.7. The van der Waals surface area contributed by atoms with Gasteiger partial charge in [0, 0.05) is 85.5 Å². The van der Waals surface area contributed by atoms with Crippen molar-refractivity contribution in [2.75, 3.05) is 28.4 Å². The van der Waals surface area contributed by atoms with Gasteiger partial charge in [0.1, 0.15) is 5.75 Å². The van der Waals surface area contributed by atoms with E-state index in [1.807, 2.05) is 48.0 Å². The lowest BCUT2D eigenvalue weighted by Crippen LogP contribution is -2.12. The van der Waals surface area contributed by atoms with Crippen molar-refractivity contribution in [1.29, 1.82) is 0 Å². The second-order valence-electron chi connectivity index (χ2n) is 28.3. The first-order valence-corrected chi connectivity index (χ1v) is 43.8. The molecule has 0 unspecified atom stereocenters. The number of nitro benzene ring substituents is 1. The van der Waals surface area contributed by atoms with Crippen molar-refractivity contribution < 1.29 is 68.1 Å². The second kappa shape index (κ2) is 36.9. The summed E-state index contributed by atoms with van der Waals surface area (Å²) in [6.45, 7) is 12.8. The molecular weight excluding hydrogens is 1700 g/mol. The van der Waals surface area contributed by atoms with E-state index >= 15 is 0 Å². The smallest absolute Gasteiger partial charge is 0.311 e. The van der Waals surface area contributed by atoms with Gasteiger partial charge in [0.25, 0.3) is 0 Å². The quantitative estimate of drug-likeness (QED) is 0.0152. The Kier molecular flexibility index (Phi) is 26.0. The molecule has 126 heavy (non-hydrogen) atoms. The first-order chi connectivity index (χ1) is 59.9. The van der Waals surface area contributed by atoms with Gasteiger partial charge in [0.2, 0.25) is 40.1 Å². The minimum absolute atomic E-state index is 0.0259. The number of sulfonamides is 4. The van der Waals surface area contributed by atoms with E-state index in [4.69, 9.17) is 30.3 Å². The summed E-state index contributed by atoms with van der Waals surface area (Å²) in [4.78, 5) is 46.9. The van der Waals surface area contributed by atoms with Crippen molar-refractivity contribution in [3.8, 4) is 73.8 Å². The van der Waals surface area contributed by atoms with Gasteiger partial charge < -0.3 is 46.4 Å². The van der Waals surface area contributed by atoms with Crippen molar-refractivity contribution >= 4 is 97.2 Å². The van der Waals surface area contributed by atoms with E-state index in [1.54, 1.807) is 162 Å². The predicted octanol–water partition coefficient (Wildman–Crippen LogP) is 12.0. The number of nitrogens with one attached hydrogen (secondary N) is 4. The summed E-state index contributed by atoms with van der Waals surface area (Å²) in [5.74, 6) is 1.23. The highest BCUT2D eigenvalue weighted by Crippen LogP contribution is 2.37. The van der Waals surface area contributed by atoms with Gasteiger partial charge in [0.15, 0.2) is 74.7 Å². The van der Waals surface area contributed by atoms with Crippen molar-refractivity contribution in [2.24, 2.45) is 20.6 Å². The van der Waals surface area contributed by atoms with Crippen LogP contribution in [-0.4, -0.2) is 124 Å². The zero-order valence-corrected chi connectivity index (χ0v) is 70.7. The zero-order chi connectivity index (χ0) is 90.3. The number of rotatable bonds is 24. The van der Waals surface area contributed by atoms with Crippen LogP contribution in [0.5, 0.6) is 28.7 Å². The fourth-order valence-electron chi connectivity index (χ4n) is 13.1. The van der Waals surface area contributed by atoms with Crippen LogP contribution in [0.4, 0.5) is 33.3 Å². The van der Waals surface area contributed by atoms with Gasteiger partial charge in [-0.05, 0) is 177 Å². The molecule has 646 valence electrons. The summed E-state index contributed by atoms with van der Waals surface area (Å²) < 4.78 is 118. The Balaban J connectivity index is 0.000000144. The minimum Gasteiger partial charge on any atom is -0.508 e. The average molecular weight is 1780 g/mol. The van der Waals surface area contributed by atoms with Crippen molar-refractivity contribution in [3.05, 3.63) is 305 Å². The molecule has 16 rings (SSSR count). The molecule has 0 amide bonds. The summed E-state index contributed by atoms with van der Waals surface area (Å²) in [5.41, 5.74) is 14.8. The van der Waals surface area contributed by atoms with Gasteiger partial charge in [-0.3, -0.25) is 27.7 Å². The molecule has 16 N–H and O–H groups in total. The van der Waals surface area contributed by atoms with Gasteiger partial charge in [-0.15, -0.1) is 0 Å². The van der Waals surface area contributed by atoms with E-state index < -0.39 is 68.0 Å². The molecule has 8 aromatic carbocycles. The molecule has 8 aromatic heterocycles. The number of hydrogen-bond acceptors (Lipinski definition) is 27. The maximum Gasteiger partial charge on any atom is 0.311 e. The highest BCUT2D eigenvalue weighted by molar-refractivity contribution is 7.90. The first kappa shape index (κ1) is 88.7. The number of nitrogens with two attached hydrogens (primary N) is 4. The van der Waals surface area contributed by atoms with Gasteiger partial charge in [-0.2, -0.15) is 0 Å². The third-order valence-corrected chi connectivity index (χ3v) is 23.1. The Labute approximate surface area is 719 Å². The van der Waals surface area contributed by atoms with Crippen LogP contribution in [0.1, 0.15) is 52.0 Å². The van der Waals surface area contributed by atoms with E-state index in [9.17, 15) is 68.6 Å².